The number of benzene rings is 1. The van der Waals surface area contributed by atoms with Gasteiger partial charge in [0, 0.05) is 18.9 Å². The Kier molecular flexibility index (Phi) is 3.00. The van der Waals surface area contributed by atoms with Gasteiger partial charge in [-0.15, -0.1) is 0 Å². The lowest BCUT2D eigenvalue weighted by molar-refractivity contribution is 0.601. The van der Waals surface area contributed by atoms with Crippen molar-refractivity contribution in [3.05, 3.63) is 36.2 Å². The van der Waals surface area contributed by atoms with Crippen molar-refractivity contribution >= 4 is 21.4 Å². The van der Waals surface area contributed by atoms with Crippen LogP contribution in [0.2, 0.25) is 0 Å². The summed E-state index contributed by atoms with van der Waals surface area (Å²) in [6.45, 7) is 1.79. The summed E-state index contributed by atoms with van der Waals surface area (Å²) in [6.07, 6.45) is 2.74. The molecule has 0 atom stereocenters. The third-order valence-corrected chi connectivity index (χ3v) is 3.81. The normalized spacial score (nSPS) is 11.4. The van der Waals surface area contributed by atoms with Gasteiger partial charge in [-0.05, 0) is 30.7 Å². The Morgan fingerprint density at radius 2 is 2.11 bits per heavy atom. The smallest absolute Gasteiger partial charge is 0.265 e. The first-order valence-electron chi connectivity index (χ1n) is 5.26. The van der Waals surface area contributed by atoms with Crippen molar-refractivity contribution in [3.8, 4) is 0 Å². The van der Waals surface area contributed by atoms with Gasteiger partial charge in [-0.25, -0.2) is 8.42 Å². The van der Waals surface area contributed by atoms with Crippen molar-refractivity contribution in [1.82, 2.24) is 9.78 Å². The minimum atomic E-state index is -3.60. The van der Waals surface area contributed by atoms with Crippen LogP contribution in [0.5, 0.6) is 0 Å². The largest absolute Gasteiger partial charge is 0.399 e. The van der Waals surface area contributed by atoms with Gasteiger partial charge in [0.1, 0.15) is 4.90 Å². The SMILES string of the molecule is Cc1cc(N)ccc1NS(=O)(=O)c1cnn(C)c1. The van der Waals surface area contributed by atoms with E-state index in [9.17, 15) is 8.42 Å². The van der Waals surface area contributed by atoms with Gasteiger partial charge in [-0.1, -0.05) is 0 Å². The third-order valence-electron chi connectivity index (χ3n) is 2.49. The molecule has 1 aromatic heterocycles. The highest BCUT2D eigenvalue weighted by Gasteiger charge is 2.16. The number of nitrogens with one attached hydrogen (secondary N) is 1. The van der Waals surface area contributed by atoms with Crippen LogP contribution >= 0.6 is 0 Å². The zero-order valence-electron chi connectivity index (χ0n) is 10.1. The molecule has 0 fully saturated rings. The molecule has 96 valence electrons. The zero-order chi connectivity index (χ0) is 13.3. The van der Waals surface area contributed by atoms with Crippen molar-refractivity contribution in [1.29, 1.82) is 0 Å². The minimum Gasteiger partial charge on any atom is -0.399 e. The van der Waals surface area contributed by atoms with Crippen molar-refractivity contribution < 1.29 is 8.42 Å². The number of aromatic nitrogens is 2. The van der Waals surface area contributed by atoms with Crippen LogP contribution < -0.4 is 10.5 Å². The zero-order valence-corrected chi connectivity index (χ0v) is 10.9. The molecule has 0 unspecified atom stereocenters. The predicted molar refractivity (Wildman–Crippen MR) is 69.6 cm³/mol. The van der Waals surface area contributed by atoms with E-state index in [4.69, 9.17) is 5.73 Å². The molecule has 18 heavy (non-hydrogen) atoms. The highest BCUT2D eigenvalue weighted by molar-refractivity contribution is 7.92. The quantitative estimate of drug-likeness (QED) is 0.814. The molecule has 2 rings (SSSR count). The number of aryl methyl sites for hydroxylation is 2. The lowest BCUT2D eigenvalue weighted by Crippen LogP contribution is -2.13. The van der Waals surface area contributed by atoms with Crippen LogP contribution in [0.15, 0.2) is 35.5 Å². The molecule has 0 aliphatic heterocycles. The second kappa shape index (κ2) is 4.34. The maximum absolute atomic E-state index is 12.1. The molecule has 0 aliphatic rings. The standard InChI is InChI=1S/C11H14N4O2S/c1-8-5-9(12)3-4-11(8)14-18(16,17)10-6-13-15(2)7-10/h3-7,14H,12H2,1-2H3. The Bertz CT molecular complexity index is 676. The van der Waals surface area contributed by atoms with Crippen molar-refractivity contribution in [2.45, 2.75) is 11.8 Å². The highest BCUT2D eigenvalue weighted by Crippen LogP contribution is 2.21. The number of hydrogen-bond acceptors (Lipinski definition) is 4. The average molecular weight is 266 g/mol. The summed E-state index contributed by atoms with van der Waals surface area (Å²) in [4.78, 5) is 0.126. The van der Waals surface area contributed by atoms with Crippen molar-refractivity contribution in [3.63, 3.8) is 0 Å². The van der Waals surface area contributed by atoms with E-state index in [1.807, 2.05) is 0 Å². The number of hydrogen-bond donors (Lipinski definition) is 2. The summed E-state index contributed by atoms with van der Waals surface area (Å²) in [5.41, 5.74) is 7.48. The monoisotopic (exact) mass is 266 g/mol. The molecule has 0 saturated carbocycles. The molecule has 7 heteroatoms. The summed E-state index contributed by atoms with van der Waals surface area (Å²) < 4.78 is 28.1. The van der Waals surface area contributed by atoms with Gasteiger partial charge in [0.25, 0.3) is 10.0 Å². The van der Waals surface area contributed by atoms with Crippen LogP contribution in [-0.4, -0.2) is 18.2 Å². The van der Waals surface area contributed by atoms with E-state index in [-0.39, 0.29) is 4.90 Å². The lowest BCUT2D eigenvalue weighted by Gasteiger charge is -2.09. The Labute approximate surface area is 105 Å². The van der Waals surface area contributed by atoms with Crippen LogP contribution in [0, 0.1) is 6.92 Å². The van der Waals surface area contributed by atoms with Crippen LogP contribution in [0.4, 0.5) is 11.4 Å². The van der Waals surface area contributed by atoms with E-state index >= 15 is 0 Å². The molecular weight excluding hydrogens is 252 g/mol. The molecular formula is C11H14N4O2S. The van der Waals surface area contributed by atoms with Gasteiger partial charge in [-0.2, -0.15) is 5.10 Å². The Morgan fingerprint density at radius 1 is 1.39 bits per heavy atom. The topological polar surface area (TPSA) is 90.0 Å². The lowest BCUT2D eigenvalue weighted by atomic mass is 10.2. The minimum absolute atomic E-state index is 0.126. The van der Waals surface area contributed by atoms with Crippen molar-refractivity contribution in [2.75, 3.05) is 10.5 Å². The molecule has 0 bridgehead atoms. The fourth-order valence-electron chi connectivity index (χ4n) is 1.54. The van der Waals surface area contributed by atoms with Gasteiger partial charge in [0.05, 0.1) is 11.9 Å². The van der Waals surface area contributed by atoms with Gasteiger partial charge in [0.15, 0.2) is 0 Å². The fourth-order valence-corrected chi connectivity index (χ4v) is 2.66. The van der Waals surface area contributed by atoms with Crippen LogP contribution in [0.3, 0.4) is 0 Å². The maximum atomic E-state index is 12.1. The predicted octanol–water partition coefficient (Wildman–Crippen LogP) is 1.11. The summed E-state index contributed by atoms with van der Waals surface area (Å²) in [5.74, 6) is 0. The Hall–Kier alpha value is -2.02. The van der Waals surface area contributed by atoms with Crippen LogP contribution in [-0.2, 0) is 17.1 Å². The molecule has 0 spiro atoms. The van der Waals surface area contributed by atoms with E-state index in [0.717, 1.165) is 5.56 Å². The molecule has 2 aromatic rings. The summed E-state index contributed by atoms with van der Waals surface area (Å²) in [7, 11) is -1.94. The first-order valence-corrected chi connectivity index (χ1v) is 6.74. The number of nitrogen functional groups attached to an aromatic ring is 1. The molecule has 0 aliphatic carbocycles. The van der Waals surface area contributed by atoms with E-state index in [1.165, 1.54) is 17.1 Å². The van der Waals surface area contributed by atoms with Crippen LogP contribution in [0.1, 0.15) is 5.56 Å². The maximum Gasteiger partial charge on any atom is 0.265 e. The fraction of sp³-hybridized carbons (Fsp3) is 0.182. The first kappa shape index (κ1) is 12.4. The molecule has 1 aromatic carbocycles. The Balaban J connectivity index is 2.33. The molecule has 6 nitrogen and oxygen atoms in total. The molecule has 0 radical (unpaired) electrons. The number of nitrogens with two attached hydrogens (primary N) is 1. The van der Waals surface area contributed by atoms with E-state index in [2.05, 4.69) is 9.82 Å². The second-order valence-corrected chi connectivity index (χ2v) is 5.71. The first-order chi connectivity index (χ1) is 8.38. The summed E-state index contributed by atoms with van der Waals surface area (Å²) in [6, 6.07) is 4.99. The van der Waals surface area contributed by atoms with E-state index in [1.54, 1.807) is 32.2 Å². The van der Waals surface area contributed by atoms with Gasteiger partial charge in [0.2, 0.25) is 0 Å². The molecule has 0 saturated heterocycles. The van der Waals surface area contributed by atoms with Crippen LogP contribution in [0.25, 0.3) is 0 Å². The number of anilines is 2. The molecule has 1 heterocycles. The van der Waals surface area contributed by atoms with Gasteiger partial charge in [-0.3, -0.25) is 9.40 Å². The number of nitrogens with zero attached hydrogens (tertiary/aromatic N) is 2. The van der Waals surface area contributed by atoms with Gasteiger partial charge < -0.3 is 5.73 Å². The number of sulfonamides is 1. The highest BCUT2D eigenvalue weighted by atomic mass is 32.2. The van der Waals surface area contributed by atoms with Crippen molar-refractivity contribution in [2.24, 2.45) is 7.05 Å². The third kappa shape index (κ3) is 2.45. The van der Waals surface area contributed by atoms with E-state index < -0.39 is 10.0 Å². The molecule has 0 amide bonds. The average Bonchev–Trinajstić information content (AvgIpc) is 2.70. The summed E-state index contributed by atoms with van der Waals surface area (Å²) in [5, 5.41) is 3.84. The summed E-state index contributed by atoms with van der Waals surface area (Å²) >= 11 is 0. The van der Waals surface area contributed by atoms with Gasteiger partial charge >= 0.3 is 0 Å². The second-order valence-electron chi connectivity index (χ2n) is 4.03. The molecule has 3 N–H and O–H groups in total. The van der Waals surface area contributed by atoms with E-state index in [0.29, 0.717) is 11.4 Å². The number of rotatable bonds is 3. The Morgan fingerprint density at radius 3 is 2.67 bits per heavy atom.